The first-order valence-electron chi connectivity index (χ1n) is 6.96. The van der Waals surface area contributed by atoms with Crippen LogP contribution in [-0.2, 0) is 6.54 Å². The first-order valence-corrected chi connectivity index (χ1v) is 8.66. The summed E-state index contributed by atoms with van der Waals surface area (Å²) >= 11 is 3.45. The van der Waals surface area contributed by atoms with E-state index in [1.807, 2.05) is 6.07 Å². The van der Waals surface area contributed by atoms with Crippen molar-refractivity contribution in [3.05, 3.63) is 65.1 Å². The average Bonchev–Trinajstić information content (AvgIpc) is 3.23. The minimum atomic E-state index is 0.792. The molecule has 0 unspecified atom stereocenters. The lowest BCUT2D eigenvalue weighted by Gasteiger charge is -2.04. The van der Waals surface area contributed by atoms with Gasteiger partial charge < -0.3 is 5.32 Å². The molecule has 0 bridgehead atoms. The number of anilines is 1. The Bertz CT molecular complexity index is 883. The number of hydrogen-bond acceptors (Lipinski definition) is 5. The second-order valence-corrected chi connectivity index (χ2v) is 6.91. The number of thiophene rings is 2. The van der Waals surface area contributed by atoms with E-state index in [0.29, 0.717) is 0 Å². The highest BCUT2D eigenvalue weighted by Crippen LogP contribution is 2.34. The van der Waals surface area contributed by atoms with Gasteiger partial charge in [0.25, 0.3) is 0 Å². The van der Waals surface area contributed by atoms with Gasteiger partial charge in [-0.25, -0.2) is 9.97 Å². The Morgan fingerprint density at radius 1 is 1.00 bits per heavy atom. The van der Waals surface area contributed by atoms with Crippen molar-refractivity contribution in [3.63, 3.8) is 0 Å². The van der Waals surface area contributed by atoms with Crippen molar-refractivity contribution in [2.24, 2.45) is 0 Å². The largest absolute Gasteiger partial charge is 0.365 e. The van der Waals surface area contributed by atoms with Gasteiger partial charge >= 0.3 is 0 Å². The molecule has 0 aliphatic carbocycles. The van der Waals surface area contributed by atoms with Crippen LogP contribution in [-0.4, -0.2) is 9.97 Å². The van der Waals surface area contributed by atoms with Crippen LogP contribution in [0.15, 0.2) is 60.2 Å². The molecule has 0 spiro atoms. The number of benzene rings is 1. The molecule has 0 saturated carbocycles. The van der Waals surface area contributed by atoms with Crippen molar-refractivity contribution in [3.8, 4) is 10.4 Å². The van der Waals surface area contributed by atoms with Crippen LogP contribution in [0.3, 0.4) is 0 Å². The second kappa shape index (κ2) is 5.87. The van der Waals surface area contributed by atoms with Crippen LogP contribution in [0.4, 0.5) is 5.82 Å². The molecule has 3 aromatic heterocycles. The molecule has 0 saturated heterocycles. The molecule has 0 aliphatic heterocycles. The van der Waals surface area contributed by atoms with Gasteiger partial charge in [-0.1, -0.05) is 36.4 Å². The van der Waals surface area contributed by atoms with Gasteiger partial charge in [-0.05, 0) is 23.1 Å². The fourth-order valence-electron chi connectivity index (χ4n) is 2.33. The third-order valence-corrected chi connectivity index (χ3v) is 5.37. The van der Waals surface area contributed by atoms with Gasteiger partial charge in [-0.15, -0.1) is 22.7 Å². The Balaban J connectivity index is 1.69. The van der Waals surface area contributed by atoms with Crippen molar-refractivity contribution >= 4 is 38.7 Å². The minimum Gasteiger partial charge on any atom is -0.365 e. The van der Waals surface area contributed by atoms with Gasteiger partial charge in [-0.3, -0.25) is 0 Å². The second-order valence-electron chi connectivity index (χ2n) is 4.85. The molecule has 5 heteroatoms. The summed E-state index contributed by atoms with van der Waals surface area (Å²) in [4.78, 5) is 12.3. The van der Waals surface area contributed by atoms with E-state index < -0.39 is 0 Å². The molecule has 0 atom stereocenters. The van der Waals surface area contributed by atoms with E-state index in [0.717, 1.165) is 22.6 Å². The van der Waals surface area contributed by atoms with Gasteiger partial charge in [0.05, 0.1) is 11.9 Å². The highest BCUT2D eigenvalue weighted by atomic mass is 32.1. The summed E-state index contributed by atoms with van der Waals surface area (Å²) in [6, 6.07) is 16.8. The SMILES string of the molecule is c1ccc(-c2cc3c(NCc4cccs4)ncnc3s2)cc1. The molecule has 0 radical (unpaired) electrons. The predicted molar refractivity (Wildman–Crippen MR) is 94.5 cm³/mol. The maximum Gasteiger partial charge on any atom is 0.138 e. The van der Waals surface area contributed by atoms with Crippen LogP contribution in [0.1, 0.15) is 4.88 Å². The van der Waals surface area contributed by atoms with Gasteiger partial charge in [0, 0.05) is 9.75 Å². The van der Waals surface area contributed by atoms with Gasteiger partial charge in [0.2, 0.25) is 0 Å². The first-order chi connectivity index (χ1) is 10.9. The number of fused-ring (bicyclic) bond motifs is 1. The zero-order chi connectivity index (χ0) is 14.8. The summed E-state index contributed by atoms with van der Waals surface area (Å²) in [5, 5.41) is 6.59. The van der Waals surface area contributed by atoms with E-state index >= 15 is 0 Å². The van der Waals surface area contributed by atoms with E-state index in [4.69, 9.17) is 0 Å². The molecule has 3 heterocycles. The van der Waals surface area contributed by atoms with E-state index in [-0.39, 0.29) is 0 Å². The molecule has 4 aromatic rings. The number of rotatable bonds is 4. The average molecular weight is 323 g/mol. The van der Waals surface area contributed by atoms with Crippen molar-refractivity contribution < 1.29 is 0 Å². The molecule has 22 heavy (non-hydrogen) atoms. The van der Waals surface area contributed by atoms with Crippen LogP contribution in [0, 0.1) is 0 Å². The molecule has 4 rings (SSSR count). The van der Waals surface area contributed by atoms with Crippen molar-refractivity contribution in [1.82, 2.24) is 9.97 Å². The van der Waals surface area contributed by atoms with E-state index in [9.17, 15) is 0 Å². The minimum absolute atomic E-state index is 0.792. The highest BCUT2D eigenvalue weighted by molar-refractivity contribution is 7.21. The summed E-state index contributed by atoms with van der Waals surface area (Å²) in [5.74, 6) is 0.900. The Morgan fingerprint density at radius 3 is 2.73 bits per heavy atom. The first kappa shape index (κ1) is 13.4. The van der Waals surface area contributed by atoms with E-state index in [1.165, 1.54) is 15.3 Å². The Labute approximate surface area is 136 Å². The van der Waals surface area contributed by atoms with Gasteiger partial charge in [-0.2, -0.15) is 0 Å². The van der Waals surface area contributed by atoms with E-state index in [1.54, 1.807) is 29.0 Å². The smallest absolute Gasteiger partial charge is 0.138 e. The summed E-state index contributed by atoms with van der Waals surface area (Å²) < 4.78 is 0. The lowest BCUT2D eigenvalue weighted by atomic mass is 10.2. The van der Waals surface area contributed by atoms with Crippen LogP contribution in [0.5, 0.6) is 0 Å². The topological polar surface area (TPSA) is 37.8 Å². The van der Waals surface area contributed by atoms with Crippen LogP contribution >= 0.6 is 22.7 Å². The molecule has 108 valence electrons. The number of nitrogens with one attached hydrogen (secondary N) is 1. The standard InChI is InChI=1S/C17H13N3S2/c1-2-5-12(6-3-1)15-9-14-16(19-11-20-17(14)22-15)18-10-13-7-4-8-21-13/h1-9,11H,10H2,(H,18,19,20). The highest BCUT2D eigenvalue weighted by Gasteiger charge is 2.10. The molecule has 0 fully saturated rings. The fourth-order valence-corrected chi connectivity index (χ4v) is 3.97. The number of nitrogens with zero attached hydrogens (tertiary/aromatic N) is 2. The lowest BCUT2D eigenvalue weighted by Crippen LogP contribution is -2.00. The molecular formula is C17H13N3S2. The molecule has 1 N–H and O–H groups in total. The zero-order valence-electron chi connectivity index (χ0n) is 11.7. The monoisotopic (exact) mass is 323 g/mol. The van der Waals surface area contributed by atoms with Crippen molar-refractivity contribution in [2.45, 2.75) is 6.54 Å². The maximum absolute atomic E-state index is 4.40. The maximum atomic E-state index is 4.40. The number of aromatic nitrogens is 2. The predicted octanol–water partition coefficient (Wildman–Crippen LogP) is 5.03. The van der Waals surface area contributed by atoms with Crippen LogP contribution in [0.25, 0.3) is 20.7 Å². The van der Waals surface area contributed by atoms with Gasteiger partial charge in [0.1, 0.15) is 17.0 Å². The third-order valence-electron chi connectivity index (χ3n) is 3.40. The zero-order valence-corrected chi connectivity index (χ0v) is 13.3. The van der Waals surface area contributed by atoms with Gasteiger partial charge in [0.15, 0.2) is 0 Å². The Morgan fingerprint density at radius 2 is 1.91 bits per heavy atom. The Hall–Kier alpha value is -2.24. The summed E-state index contributed by atoms with van der Waals surface area (Å²) in [6.45, 7) is 0.792. The van der Waals surface area contributed by atoms with Crippen molar-refractivity contribution in [1.29, 1.82) is 0 Å². The van der Waals surface area contributed by atoms with Crippen molar-refractivity contribution in [2.75, 3.05) is 5.32 Å². The number of hydrogen-bond donors (Lipinski definition) is 1. The normalized spacial score (nSPS) is 10.9. The summed E-state index contributed by atoms with van der Waals surface area (Å²) in [6.07, 6.45) is 1.63. The van der Waals surface area contributed by atoms with E-state index in [2.05, 4.69) is 63.1 Å². The fraction of sp³-hybridized carbons (Fsp3) is 0.0588. The van der Waals surface area contributed by atoms with Crippen LogP contribution < -0.4 is 5.32 Å². The quantitative estimate of drug-likeness (QED) is 0.572. The molecule has 0 amide bonds. The molecule has 3 nitrogen and oxygen atoms in total. The molecule has 0 aliphatic rings. The third kappa shape index (κ3) is 2.61. The molecular weight excluding hydrogens is 310 g/mol. The Kier molecular flexibility index (Phi) is 3.58. The lowest BCUT2D eigenvalue weighted by molar-refractivity contribution is 1.13. The van der Waals surface area contributed by atoms with Crippen LogP contribution in [0.2, 0.25) is 0 Å². The summed E-state index contributed by atoms with van der Waals surface area (Å²) in [7, 11) is 0. The summed E-state index contributed by atoms with van der Waals surface area (Å²) in [5.41, 5.74) is 1.22. The molecule has 1 aromatic carbocycles.